The maximum Gasteiger partial charge on any atom is 0.269 e. The number of aryl methyl sites for hydroxylation is 2. The Morgan fingerprint density at radius 1 is 1.09 bits per heavy atom. The van der Waals surface area contributed by atoms with Gasteiger partial charge in [-0.05, 0) is 86.3 Å². The lowest BCUT2D eigenvalue weighted by molar-refractivity contribution is -0.384. The molecule has 0 amide bonds. The lowest BCUT2D eigenvalue weighted by Crippen LogP contribution is -2.28. The molecular weight excluding hydrogens is 456 g/mol. The number of benzene rings is 2. The van der Waals surface area contributed by atoms with E-state index < -0.39 is 0 Å². The van der Waals surface area contributed by atoms with Crippen molar-refractivity contribution in [2.45, 2.75) is 66.7 Å². The van der Waals surface area contributed by atoms with Crippen LogP contribution >= 0.6 is 11.3 Å². The molecule has 0 saturated heterocycles. The Morgan fingerprint density at radius 2 is 1.77 bits per heavy atom. The third-order valence-corrected chi connectivity index (χ3v) is 8.41. The van der Waals surface area contributed by atoms with Crippen LogP contribution in [0.25, 0.3) is 11.3 Å². The van der Waals surface area contributed by atoms with Crippen LogP contribution in [-0.2, 0) is 0 Å². The van der Waals surface area contributed by atoms with Gasteiger partial charge in [0.05, 0.1) is 16.3 Å². The summed E-state index contributed by atoms with van der Waals surface area (Å²) in [5.74, 6) is 0.716. The van der Waals surface area contributed by atoms with E-state index in [9.17, 15) is 10.1 Å². The molecule has 0 N–H and O–H groups in total. The number of aromatic nitrogens is 1. The molecule has 0 unspecified atom stereocenters. The zero-order valence-electron chi connectivity index (χ0n) is 21.2. The molecule has 0 radical (unpaired) electrons. The fourth-order valence-corrected chi connectivity index (χ4v) is 5.44. The second-order valence-electron chi connectivity index (χ2n) is 10.2. The number of hydrogen-bond donors (Lipinski definition) is 0. The summed E-state index contributed by atoms with van der Waals surface area (Å²) in [6.07, 6.45) is 5.47. The SMILES string of the molecule is CCC(C)(C)C1CCC(=Nn2c(-c3ccc([N+](=O)[O-])cc3)csc2=Nc2ccc(C)c(C)c2)CC1. The molecule has 184 valence electrons. The van der Waals surface area contributed by atoms with Crippen molar-refractivity contribution in [3.8, 4) is 11.3 Å². The Labute approximate surface area is 211 Å². The van der Waals surface area contributed by atoms with Gasteiger partial charge in [0, 0.05) is 28.8 Å². The minimum absolute atomic E-state index is 0.0822. The number of nitrogens with zero attached hydrogens (tertiary/aromatic N) is 4. The summed E-state index contributed by atoms with van der Waals surface area (Å²) in [7, 11) is 0. The first-order valence-electron chi connectivity index (χ1n) is 12.3. The molecule has 0 bridgehead atoms. The second kappa shape index (κ2) is 10.3. The highest BCUT2D eigenvalue weighted by Crippen LogP contribution is 2.39. The predicted octanol–water partition coefficient (Wildman–Crippen LogP) is 7.80. The summed E-state index contributed by atoms with van der Waals surface area (Å²) in [5, 5.41) is 18.3. The molecule has 1 fully saturated rings. The molecule has 6 nitrogen and oxygen atoms in total. The van der Waals surface area contributed by atoms with Crippen LogP contribution in [0.15, 0.2) is 57.9 Å². The summed E-state index contributed by atoms with van der Waals surface area (Å²) >= 11 is 1.54. The molecule has 7 heteroatoms. The van der Waals surface area contributed by atoms with Gasteiger partial charge in [0.15, 0.2) is 0 Å². The van der Waals surface area contributed by atoms with Gasteiger partial charge in [-0.3, -0.25) is 10.1 Å². The molecule has 0 aliphatic heterocycles. The van der Waals surface area contributed by atoms with Crippen LogP contribution < -0.4 is 4.80 Å². The maximum absolute atomic E-state index is 11.1. The van der Waals surface area contributed by atoms with E-state index in [1.165, 1.54) is 34.6 Å². The first-order chi connectivity index (χ1) is 16.7. The molecular formula is C28H34N4O2S. The molecule has 35 heavy (non-hydrogen) atoms. The largest absolute Gasteiger partial charge is 0.269 e. The summed E-state index contributed by atoms with van der Waals surface area (Å²) < 4.78 is 1.93. The minimum atomic E-state index is -0.373. The number of non-ortho nitro benzene ring substituents is 1. The van der Waals surface area contributed by atoms with Crippen molar-refractivity contribution in [3.05, 3.63) is 73.9 Å². The van der Waals surface area contributed by atoms with Gasteiger partial charge in [-0.1, -0.05) is 33.3 Å². The molecule has 0 atom stereocenters. The van der Waals surface area contributed by atoms with Crippen LogP contribution in [0.4, 0.5) is 11.4 Å². The average molecular weight is 491 g/mol. The number of hydrogen-bond acceptors (Lipinski definition) is 5. The monoisotopic (exact) mass is 490 g/mol. The smallest absolute Gasteiger partial charge is 0.258 e. The van der Waals surface area contributed by atoms with E-state index in [2.05, 4.69) is 46.8 Å². The fraction of sp³-hybridized carbons (Fsp3) is 0.429. The van der Waals surface area contributed by atoms with E-state index >= 15 is 0 Å². The third kappa shape index (κ3) is 5.61. The van der Waals surface area contributed by atoms with E-state index in [0.29, 0.717) is 11.3 Å². The zero-order chi connectivity index (χ0) is 25.2. The Bertz CT molecular complexity index is 1310. The van der Waals surface area contributed by atoms with Gasteiger partial charge in [0.1, 0.15) is 0 Å². The quantitative estimate of drug-likeness (QED) is 0.261. The summed E-state index contributed by atoms with van der Waals surface area (Å²) in [6, 6.07) is 12.9. The molecule has 1 saturated carbocycles. The lowest BCUT2D eigenvalue weighted by atomic mass is 9.69. The van der Waals surface area contributed by atoms with E-state index in [1.54, 1.807) is 24.3 Å². The standard InChI is InChI=1S/C28H34N4O2S/c1-6-28(4,5)22-10-13-23(14-11-22)30-31-26(21-8-15-25(16-9-21)32(33)34)18-35-27(31)29-24-12-7-19(2)20(3)17-24/h7-9,12,15-18,22H,6,10-11,13-14H2,1-5H3. The van der Waals surface area contributed by atoms with Gasteiger partial charge >= 0.3 is 0 Å². The molecule has 1 aromatic heterocycles. The highest BCUT2D eigenvalue weighted by atomic mass is 32.1. The first kappa shape index (κ1) is 25.0. The van der Waals surface area contributed by atoms with E-state index in [0.717, 1.165) is 47.4 Å². The van der Waals surface area contributed by atoms with Crippen molar-refractivity contribution >= 4 is 28.4 Å². The van der Waals surface area contributed by atoms with E-state index in [-0.39, 0.29) is 10.6 Å². The fourth-order valence-electron chi connectivity index (χ4n) is 4.59. The predicted molar refractivity (Wildman–Crippen MR) is 144 cm³/mol. The van der Waals surface area contributed by atoms with Crippen LogP contribution in [0, 0.1) is 35.3 Å². The van der Waals surface area contributed by atoms with Crippen molar-refractivity contribution in [2.75, 3.05) is 0 Å². The topological polar surface area (TPSA) is 72.8 Å². The van der Waals surface area contributed by atoms with Crippen molar-refractivity contribution < 1.29 is 4.92 Å². The average Bonchev–Trinajstić information content (AvgIpc) is 3.23. The maximum atomic E-state index is 11.1. The van der Waals surface area contributed by atoms with Crippen LogP contribution in [0.3, 0.4) is 0 Å². The Morgan fingerprint density at radius 3 is 2.37 bits per heavy atom. The van der Waals surface area contributed by atoms with Gasteiger partial charge in [-0.2, -0.15) is 5.10 Å². The van der Waals surface area contributed by atoms with Crippen LogP contribution in [-0.4, -0.2) is 15.3 Å². The molecule has 2 aromatic carbocycles. The number of nitro benzene ring substituents is 1. The molecule has 1 aliphatic carbocycles. The molecule has 0 spiro atoms. The minimum Gasteiger partial charge on any atom is -0.258 e. The van der Waals surface area contributed by atoms with Crippen molar-refractivity contribution in [2.24, 2.45) is 21.4 Å². The zero-order valence-corrected chi connectivity index (χ0v) is 22.1. The Kier molecular flexibility index (Phi) is 7.36. The van der Waals surface area contributed by atoms with Crippen molar-refractivity contribution in [1.29, 1.82) is 0 Å². The number of nitro groups is 1. The number of rotatable bonds is 6. The van der Waals surface area contributed by atoms with Gasteiger partial charge in [-0.25, -0.2) is 9.67 Å². The van der Waals surface area contributed by atoms with Crippen LogP contribution in [0.5, 0.6) is 0 Å². The number of thiazole rings is 1. The second-order valence-corrected chi connectivity index (χ2v) is 11.0. The third-order valence-electron chi connectivity index (χ3n) is 7.60. The van der Waals surface area contributed by atoms with Gasteiger partial charge in [0.2, 0.25) is 4.80 Å². The summed E-state index contributed by atoms with van der Waals surface area (Å²) in [6.45, 7) is 11.2. The van der Waals surface area contributed by atoms with E-state index in [4.69, 9.17) is 10.1 Å². The van der Waals surface area contributed by atoms with Gasteiger partial charge in [-0.15, -0.1) is 11.3 Å². The molecule has 1 aliphatic rings. The highest BCUT2D eigenvalue weighted by molar-refractivity contribution is 7.07. The molecule has 4 rings (SSSR count). The first-order valence-corrected chi connectivity index (χ1v) is 13.2. The van der Waals surface area contributed by atoms with Crippen LogP contribution in [0.2, 0.25) is 0 Å². The normalized spacial score (nSPS) is 17.0. The van der Waals surface area contributed by atoms with Crippen LogP contribution in [0.1, 0.15) is 64.0 Å². The Balaban J connectivity index is 1.75. The van der Waals surface area contributed by atoms with E-state index in [1.807, 2.05) is 16.1 Å². The van der Waals surface area contributed by atoms with Gasteiger partial charge < -0.3 is 0 Å². The highest BCUT2D eigenvalue weighted by Gasteiger charge is 2.30. The Hall–Kier alpha value is -3.06. The summed E-state index contributed by atoms with van der Waals surface area (Å²) in [4.78, 5) is 16.5. The summed E-state index contributed by atoms with van der Waals surface area (Å²) in [5.41, 5.74) is 6.75. The molecule has 3 aromatic rings. The molecule has 1 heterocycles. The van der Waals surface area contributed by atoms with Crippen molar-refractivity contribution in [3.63, 3.8) is 0 Å². The lowest BCUT2D eigenvalue weighted by Gasteiger charge is -2.36. The van der Waals surface area contributed by atoms with Gasteiger partial charge in [0.25, 0.3) is 5.69 Å². The van der Waals surface area contributed by atoms with Crippen molar-refractivity contribution in [1.82, 2.24) is 4.68 Å².